The molecule has 0 saturated heterocycles. The average Bonchev–Trinajstić information content (AvgIpc) is 2.87. The average molecular weight is 512 g/mol. The third kappa shape index (κ3) is 21.5. The van der Waals surface area contributed by atoms with Crippen molar-refractivity contribution in [2.45, 2.75) is 168 Å². The first-order valence-electron chi connectivity index (χ1n) is 16.6. The topological polar surface area (TPSA) is 3.24 Å². The summed E-state index contributed by atoms with van der Waals surface area (Å²) in [4.78, 5) is 2.31. The Morgan fingerprint density at radius 2 is 0.865 bits per heavy atom. The Morgan fingerprint density at radius 1 is 0.459 bits per heavy atom. The number of allylic oxidation sites excluding steroid dienone is 2. The van der Waals surface area contributed by atoms with Gasteiger partial charge in [-0.25, -0.2) is 0 Å². The summed E-state index contributed by atoms with van der Waals surface area (Å²) in [6, 6.07) is 7.48. The van der Waals surface area contributed by atoms with Crippen LogP contribution in [0.1, 0.15) is 165 Å². The quantitative estimate of drug-likeness (QED) is 0.0882. The highest BCUT2D eigenvalue weighted by Gasteiger charge is 2.04. The maximum Gasteiger partial charge on any atom is 0.0227 e. The number of hydrogen-bond acceptors (Lipinski definition) is 1. The molecular weight excluding hydrogens is 446 g/mol. The van der Waals surface area contributed by atoms with E-state index in [0.717, 1.165) is 6.54 Å². The lowest BCUT2D eigenvalue weighted by atomic mass is 9.97. The molecule has 0 N–H and O–H groups in total. The minimum Gasteiger partial charge on any atom is -0.305 e. The maximum atomic E-state index is 2.53. The van der Waals surface area contributed by atoms with Gasteiger partial charge in [0.1, 0.15) is 0 Å². The van der Waals surface area contributed by atoms with Gasteiger partial charge in [-0.05, 0) is 75.7 Å². The van der Waals surface area contributed by atoms with E-state index >= 15 is 0 Å². The molecule has 0 aliphatic rings. The molecule has 1 aromatic rings. The van der Waals surface area contributed by atoms with E-state index in [-0.39, 0.29) is 0 Å². The molecule has 0 aliphatic carbocycles. The standard InChI is InChI=1S/C36H65N/c1-5-7-9-11-13-14-15-16-17-18-19-20-21-23-25-27-29-35-30-34(31-36(32-35)33-37(3)4)28-26-24-22-12-10-8-6-2/h9,11,30-32H,5-8,10,12-29,33H2,1-4H3/b11-9+. The van der Waals surface area contributed by atoms with Crippen molar-refractivity contribution in [1.29, 1.82) is 0 Å². The normalized spacial score (nSPS) is 11.8. The van der Waals surface area contributed by atoms with Crippen LogP contribution < -0.4 is 0 Å². The van der Waals surface area contributed by atoms with E-state index < -0.39 is 0 Å². The van der Waals surface area contributed by atoms with E-state index in [2.05, 4.69) is 63.2 Å². The molecule has 0 saturated carbocycles. The molecule has 1 heteroatoms. The van der Waals surface area contributed by atoms with Crippen LogP contribution >= 0.6 is 0 Å². The van der Waals surface area contributed by atoms with Crippen molar-refractivity contribution in [3.05, 3.63) is 47.0 Å². The van der Waals surface area contributed by atoms with E-state index in [9.17, 15) is 0 Å². The van der Waals surface area contributed by atoms with Gasteiger partial charge in [0.25, 0.3) is 0 Å². The van der Waals surface area contributed by atoms with Gasteiger partial charge in [-0.1, -0.05) is 147 Å². The summed E-state index contributed by atoms with van der Waals surface area (Å²) >= 11 is 0. The van der Waals surface area contributed by atoms with E-state index in [1.165, 1.54) is 153 Å². The Kier molecular flexibility index (Phi) is 23.1. The van der Waals surface area contributed by atoms with Gasteiger partial charge in [-0.2, -0.15) is 0 Å². The van der Waals surface area contributed by atoms with E-state index in [1.54, 1.807) is 11.1 Å². The second-order valence-corrected chi connectivity index (χ2v) is 12.0. The van der Waals surface area contributed by atoms with Crippen molar-refractivity contribution in [3.8, 4) is 0 Å². The van der Waals surface area contributed by atoms with Gasteiger partial charge in [0, 0.05) is 6.54 Å². The lowest BCUT2D eigenvalue weighted by Crippen LogP contribution is -2.11. The van der Waals surface area contributed by atoms with Crippen LogP contribution in [0.2, 0.25) is 0 Å². The minimum atomic E-state index is 1.06. The van der Waals surface area contributed by atoms with Crippen molar-refractivity contribution >= 4 is 0 Å². The molecule has 0 bridgehead atoms. The largest absolute Gasteiger partial charge is 0.305 e. The van der Waals surface area contributed by atoms with Crippen LogP contribution in [0.5, 0.6) is 0 Å². The molecule has 0 radical (unpaired) electrons. The fourth-order valence-electron chi connectivity index (χ4n) is 5.46. The van der Waals surface area contributed by atoms with Crippen LogP contribution in [0.15, 0.2) is 30.4 Å². The third-order valence-electron chi connectivity index (χ3n) is 7.64. The second-order valence-electron chi connectivity index (χ2n) is 12.0. The van der Waals surface area contributed by atoms with E-state index in [0.29, 0.717) is 0 Å². The first-order chi connectivity index (χ1) is 18.2. The molecule has 0 amide bonds. The number of unbranched alkanes of at least 4 members (excludes halogenated alkanes) is 18. The first-order valence-corrected chi connectivity index (χ1v) is 16.6. The molecule has 0 spiro atoms. The Bertz CT molecular complexity index is 644. The van der Waals surface area contributed by atoms with Crippen LogP contribution in [0.25, 0.3) is 0 Å². The van der Waals surface area contributed by atoms with Gasteiger partial charge in [0.15, 0.2) is 0 Å². The zero-order valence-electron chi connectivity index (χ0n) is 25.8. The summed E-state index contributed by atoms with van der Waals surface area (Å²) in [7, 11) is 4.38. The number of nitrogens with zero attached hydrogens (tertiary/aromatic N) is 1. The van der Waals surface area contributed by atoms with Crippen molar-refractivity contribution in [2.24, 2.45) is 0 Å². The highest BCUT2D eigenvalue weighted by Crippen LogP contribution is 2.19. The molecule has 1 nitrogen and oxygen atoms in total. The summed E-state index contributed by atoms with van der Waals surface area (Å²) in [5.41, 5.74) is 4.67. The van der Waals surface area contributed by atoms with Gasteiger partial charge < -0.3 is 4.90 Å². The molecule has 0 atom stereocenters. The molecule has 0 unspecified atom stereocenters. The summed E-state index contributed by atoms with van der Waals surface area (Å²) < 4.78 is 0. The summed E-state index contributed by atoms with van der Waals surface area (Å²) in [5.74, 6) is 0. The first kappa shape index (κ1) is 33.9. The van der Waals surface area contributed by atoms with Gasteiger partial charge in [-0.15, -0.1) is 0 Å². The van der Waals surface area contributed by atoms with E-state index in [1.807, 2.05) is 0 Å². The van der Waals surface area contributed by atoms with Gasteiger partial charge >= 0.3 is 0 Å². The van der Waals surface area contributed by atoms with E-state index in [4.69, 9.17) is 0 Å². The minimum absolute atomic E-state index is 1.06. The molecule has 1 rings (SSSR count). The number of rotatable bonds is 26. The SMILES string of the molecule is CCC/C=C/CCCCCCCCCCCCCc1cc(CCCCCCCCC)cc(CN(C)C)c1. The molecular formula is C36H65N. The molecule has 0 heterocycles. The Morgan fingerprint density at radius 3 is 1.32 bits per heavy atom. The smallest absolute Gasteiger partial charge is 0.0227 e. The second kappa shape index (κ2) is 25.2. The fourth-order valence-corrected chi connectivity index (χ4v) is 5.46. The van der Waals surface area contributed by atoms with Crippen LogP contribution in [0.4, 0.5) is 0 Å². The highest BCUT2D eigenvalue weighted by molar-refractivity contribution is 5.30. The third-order valence-corrected chi connectivity index (χ3v) is 7.64. The fraction of sp³-hybridized carbons (Fsp3) is 0.778. The van der Waals surface area contributed by atoms with Crippen LogP contribution in [-0.4, -0.2) is 19.0 Å². The zero-order chi connectivity index (χ0) is 26.8. The monoisotopic (exact) mass is 512 g/mol. The maximum absolute atomic E-state index is 2.53. The van der Waals surface area contributed by atoms with Crippen molar-refractivity contribution in [2.75, 3.05) is 14.1 Å². The molecule has 37 heavy (non-hydrogen) atoms. The predicted octanol–water partition coefficient (Wildman–Crippen LogP) is 11.6. The lowest BCUT2D eigenvalue weighted by Gasteiger charge is -2.14. The zero-order valence-corrected chi connectivity index (χ0v) is 25.8. The molecule has 214 valence electrons. The number of hydrogen-bond donors (Lipinski definition) is 0. The summed E-state index contributed by atoms with van der Waals surface area (Å²) in [6.07, 6.45) is 36.5. The number of aryl methyl sites for hydroxylation is 2. The summed E-state index contributed by atoms with van der Waals surface area (Å²) in [6.45, 7) is 5.62. The molecule has 0 aromatic heterocycles. The van der Waals surface area contributed by atoms with Crippen LogP contribution in [0, 0.1) is 0 Å². The Hall–Kier alpha value is -1.08. The van der Waals surface area contributed by atoms with Gasteiger partial charge in [0.05, 0.1) is 0 Å². The highest BCUT2D eigenvalue weighted by atomic mass is 15.0. The predicted molar refractivity (Wildman–Crippen MR) is 169 cm³/mol. The molecule has 0 fully saturated rings. The molecule has 0 aliphatic heterocycles. The Labute approximate surface area is 233 Å². The van der Waals surface area contributed by atoms with Gasteiger partial charge in [-0.3, -0.25) is 0 Å². The van der Waals surface area contributed by atoms with Crippen molar-refractivity contribution < 1.29 is 0 Å². The van der Waals surface area contributed by atoms with Gasteiger partial charge in [0.2, 0.25) is 0 Å². The summed E-state index contributed by atoms with van der Waals surface area (Å²) in [5, 5.41) is 0. The van der Waals surface area contributed by atoms with Crippen LogP contribution in [-0.2, 0) is 19.4 Å². The van der Waals surface area contributed by atoms with Crippen molar-refractivity contribution in [3.63, 3.8) is 0 Å². The van der Waals surface area contributed by atoms with Crippen LogP contribution in [0.3, 0.4) is 0 Å². The van der Waals surface area contributed by atoms with Crippen molar-refractivity contribution in [1.82, 2.24) is 4.90 Å². The lowest BCUT2D eigenvalue weighted by molar-refractivity contribution is 0.402. The molecule has 1 aromatic carbocycles. The Balaban J connectivity index is 2.14. The number of benzene rings is 1.